The molecule has 0 fully saturated rings. The summed E-state index contributed by atoms with van der Waals surface area (Å²) < 4.78 is 5.47. The lowest BCUT2D eigenvalue weighted by atomic mass is 9.90. The minimum Gasteiger partial charge on any atom is -0.492 e. The van der Waals surface area contributed by atoms with E-state index in [1.165, 1.54) is 0 Å². The van der Waals surface area contributed by atoms with E-state index < -0.39 is 0 Å². The van der Waals surface area contributed by atoms with Gasteiger partial charge in [0.25, 0.3) is 0 Å². The van der Waals surface area contributed by atoms with Gasteiger partial charge in [0, 0.05) is 6.04 Å². The van der Waals surface area contributed by atoms with Crippen molar-refractivity contribution in [3.05, 3.63) is 29.8 Å². The molecule has 2 N–H and O–H groups in total. The maximum Gasteiger partial charge on any atom is 0.174 e. The lowest BCUT2D eigenvalue weighted by Crippen LogP contribution is -2.40. The van der Waals surface area contributed by atoms with Gasteiger partial charge in [-0.2, -0.15) is 0 Å². The predicted molar refractivity (Wildman–Crippen MR) is 53.4 cm³/mol. The van der Waals surface area contributed by atoms with Crippen molar-refractivity contribution in [3.8, 4) is 5.75 Å². The first-order valence-corrected chi connectivity index (χ1v) is 4.72. The summed E-state index contributed by atoms with van der Waals surface area (Å²) in [6, 6.07) is 7.13. The number of nitrogens with two attached hydrogens (primary N) is 1. The van der Waals surface area contributed by atoms with Crippen molar-refractivity contribution in [2.45, 2.75) is 13.0 Å². The Kier molecular flexibility index (Phi) is 2.25. The number of carbonyl (C=O) groups excluding carboxylic acids is 1. The summed E-state index contributed by atoms with van der Waals surface area (Å²) in [4.78, 5) is 11.9. The van der Waals surface area contributed by atoms with Crippen molar-refractivity contribution >= 4 is 5.78 Å². The average Bonchev–Trinajstić information content (AvgIpc) is 2.18. The average molecular weight is 191 g/mol. The molecule has 0 aromatic heterocycles. The zero-order chi connectivity index (χ0) is 10.1. The number of benzene rings is 1. The molecule has 1 heterocycles. The van der Waals surface area contributed by atoms with E-state index in [1.807, 2.05) is 25.1 Å². The van der Waals surface area contributed by atoms with Gasteiger partial charge in [0.05, 0.1) is 18.1 Å². The topological polar surface area (TPSA) is 52.3 Å². The molecule has 1 aliphatic rings. The maximum atomic E-state index is 11.9. The van der Waals surface area contributed by atoms with Gasteiger partial charge < -0.3 is 10.5 Å². The number of ketones is 1. The highest BCUT2D eigenvalue weighted by Gasteiger charge is 2.30. The molecule has 1 aromatic carbocycles. The lowest BCUT2D eigenvalue weighted by Gasteiger charge is -2.26. The van der Waals surface area contributed by atoms with Crippen LogP contribution < -0.4 is 10.5 Å². The molecule has 14 heavy (non-hydrogen) atoms. The number of Topliss-reactive ketones (excluding diaryl/α,β-unsaturated/α-hetero) is 1. The third kappa shape index (κ3) is 1.40. The first kappa shape index (κ1) is 9.21. The van der Waals surface area contributed by atoms with Crippen LogP contribution >= 0.6 is 0 Å². The second-order valence-corrected chi connectivity index (χ2v) is 3.64. The highest BCUT2D eigenvalue weighted by molar-refractivity contribution is 6.01. The van der Waals surface area contributed by atoms with E-state index in [1.54, 1.807) is 6.07 Å². The monoisotopic (exact) mass is 191 g/mol. The SMILES string of the molecule is CC(N)C1COc2ccccc2C1=O. The molecule has 0 spiro atoms. The number of carbonyl (C=O) groups is 1. The molecule has 0 saturated carbocycles. The first-order valence-electron chi connectivity index (χ1n) is 4.72. The molecule has 74 valence electrons. The summed E-state index contributed by atoms with van der Waals surface area (Å²) in [6.07, 6.45) is 0. The summed E-state index contributed by atoms with van der Waals surface area (Å²) in [5, 5.41) is 0. The van der Waals surface area contributed by atoms with Crippen LogP contribution in [0.2, 0.25) is 0 Å². The first-order chi connectivity index (χ1) is 6.70. The van der Waals surface area contributed by atoms with Crippen molar-refractivity contribution in [3.63, 3.8) is 0 Å². The number of hydrogen-bond acceptors (Lipinski definition) is 3. The zero-order valence-electron chi connectivity index (χ0n) is 8.07. The number of para-hydroxylation sites is 1. The summed E-state index contributed by atoms with van der Waals surface area (Å²) in [5.74, 6) is 0.571. The molecule has 0 saturated heterocycles. The molecular weight excluding hydrogens is 178 g/mol. The van der Waals surface area contributed by atoms with Gasteiger partial charge in [-0.1, -0.05) is 12.1 Å². The highest BCUT2D eigenvalue weighted by Crippen LogP contribution is 2.27. The second kappa shape index (κ2) is 3.42. The number of rotatable bonds is 1. The fourth-order valence-electron chi connectivity index (χ4n) is 1.64. The normalized spacial score (nSPS) is 22.4. The number of ether oxygens (including phenoxy) is 1. The smallest absolute Gasteiger partial charge is 0.174 e. The van der Waals surface area contributed by atoms with Crippen LogP contribution in [-0.2, 0) is 0 Å². The van der Waals surface area contributed by atoms with Gasteiger partial charge >= 0.3 is 0 Å². The van der Waals surface area contributed by atoms with Gasteiger partial charge in [0.2, 0.25) is 0 Å². The van der Waals surface area contributed by atoms with Crippen LogP contribution in [0.5, 0.6) is 5.75 Å². The molecule has 3 heteroatoms. The van der Waals surface area contributed by atoms with Crippen LogP contribution in [0.4, 0.5) is 0 Å². The third-order valence-electron chi connectivity index (χ3n) is 2.54. The largest absolute Gasteiger partial charge is 0.492 e. The Morgan fingerprint density at radius 2 is 2.21 bits per heavy atom. The van der Waals surface area contributed by atoms with Crippen molar-refractivity contribution in [2.75, 3.05) is 6.61 Å². The molecule has 0 aliphatic carbocycles. The molecular formula is C11H13NO2. The Hall–Kier alpha value is -1.35. The van der Waals surface area contributed by atoms with Gasteiger partial charge in [-0.3, -0.25) is 4.79 Å². The number of hydrogen-bond donors (Lipinski definition) is 1. The Morgan fingerprint density at radius 3 is 2.93 bits per heavy atom. The van der Waals surface area contributed by atoms with E-state index in [9.17, 15) is 4.79 Å². The molecule has 2 rings (SSSR count). The van der Waals surface area contributed by atoms with Gasteiger partial charge in [0.1, 0.15) is 5.75 Å². The molecule has 0 radical (unpaired) electrons. The zero-order valence-corrected chi connectivity index (χ0v) is 8.07. The molecule has 0 bridgehead atoms. The predicted octanol–water partition coefficient (Wildman–Crippen LogP) is 1.23. The molecule has 2 unspecified atom stereocenters. The van der Waals surface area contributed by atoms with Gasteiger partial charge in [-0.15, -0.1) is 0 Å². The summed E-state index contributed by atoms with van der Waals surface area (Å²) in [7, 11) is 0. The van der Waals surface area contributed by atoms with Gasteiger partial charge in [-0.05, 0) is 19.1 Å². The lowest BCUT2D eigenvalue weighted by molar-refractivity contribution is 0.0808. The van der Waals surface area contributed by atoms with Crippen LogP contribution in [0, 0.1) is 5.92 Å². The van der Waals surface area contributed by atoms with Crippen LogP contribution in [0.25, 0.3) is 0 Å². The third-order valence-corrected chi connectivity index (χ3v) is 2.54. The fourth-order valence-corrected chi connectivity index (χ4v) is 1.64. The second-order valence-electron chi connectivity index (χ2n) is 3.64. The van der Waals surface area contributed by atoms with Crippen LogP contribution in [0.15, 0.2) is 24.3 Å². The van der Waals surface area contributed by atoms with E-state index in [2.05, 4.69) is 0 Å². The Labute approximate surface area is 82.9 Å². The van der Waals surface area contributed by atoms with Crippen molar-refractivity contribution in [1.29, 1.82) is 0 Å². The molecule has 2 atom stereocenters. The van der Waals surface area contributed by atoms with Crippen LogP contribution in [0.3, 0.4) is 0 Å². The van der Waals surface area contributed by atoms with E-state index in [4.69, 9.17) is 10.5 Å². The van der Waals surface area contributed by atoms with E-state index in [0.29, 0.717) is 17.9 Å². The Morgan fingerprint density at radius 1 is 1.50 bits per heavy atom. The quantitative estimate of drug-likeness (QED) is 0.726. The summed E-state index contributed by atoms with van der Waals surface area (Å²) in [5.41, 5.74) is 6.37. The minimum absolute atomic E-state index is 0.0989. The molecule has 0 amide bonds. The fraction of sp³-hybridized carbons (Fsp3) is 0.364. The Balaban J connectivity index is 2.37. The standard InChI is InChI=1S/C11H13NO2/c1-7(12)9-6-14-10-5-3-2-4-8(10)11(9)13/h2-5,7,9H,6,12H2,1H3. The van der Waals surface area contributed by atoms with Gasteiger partial charge in [0.15, 0.2) is 5.78 Å². The number of fused-ring (bicyclic) bond motifs is 1. The van der Waals surface area contributed by atoms with E-state index in [0.717, 1.165) is 0 Å². The van der Waals surface area contributed by atoms with Crippen molar-refractivity contribution < 1.29 is 9.53 Å². The maximum absolute atomic E-state index is 11.9. The molecule has 1 aliphatic heterocycles. The summed E-state index contributed by atoms with van der Waals surface area (Å²) >= 11 is 0. The highest BCUT2D eigenvalue weighted by atomic mass is 16.5. The van der Waals surface area contributed by atoms with E-state index >= 15 is 0 Å². The molecule has 3 nitrogen and oxygen atoms in total. The summed E-state index contributed by atoms with van der Waals surface area (Å²) in [6.45, 7) is 2.23. The van der Waals surface area contributed by atoms with Crippen LogP contribution in [-0.4, -0.2) is 18.4 Å². The van der Waals surface area contributed by atoms with Crippen molar-refractivity contribution in [1.82, 2.24) is 0 Å². The Bertz CT molecular complexity index is 360. The molecule has 1 aromatic rings. The minimum atomic E-state index is -0.204. The van der Waals surface area contributed by atoms with Crippen molar-refractivity contribution in [2.24, 2.45) is 11.7 Å². The van der Waals surface area contributed by atoms with E-state index in [-0.39, 0.29) is 17.7 Å². The van der Waals surface area contributed by atoms with Gasteiger partial charge in [-0.25, -0.2) is 0 Å². The van der Waals surface area contributed by atoms with Crippen LogP contribution in [0.1, 0.15) is 17.3 Å².